The number of carbonyl (C=O) groups is 2. The highest BCUT2D eigenvalue weighted by atomic mass is 35.5. The first-order valence-electron chi connectivity index (χ1n) is 12.1. The topological polar surface area (TPSA) is 93.3 Å². The van der Waals surface area contributed by atoms with Gasteiger partial charge in [-0.2, -0.15) is 10.1 Å². The molecule has 2 atom stereocenters. The van der Waals surface area contributed by atoms with E-state index in [0.717, 1.165) is 0 Å². The number of anilines is 1. The molecule has 0 unspecified atom stereocenters. The van der Waals surface area contributed by atoms with Gasteiger partial charge in [0.1, 0.15) is 5.92 Å². The van der Waals surface area contributed by atoms with Crippen LogP contribution in [0.25, 0.3) is 6.08 Å². The van der Waals surface area contributed by atoms with Crippen LogP contribution in [-0.4, -0.2) is 28.3 Å². The largest absolute Gasteiger partial charge is 0.459 e. The molecule has 0 saturated heterocycles. The van der Waals surface area contributed by atoms with E-state index >= 15 is 0 Å². The van der Waals surface area contributed by atoms with E-state index in [4.69, 9.17) is 16.3 Å². The predicted molar refractivity (Wildman–Crippen MR) is 148 cm³/mol. The molecule has 10 heteroatoms. The quantitative estimate of drug-likeness (QED) is 0.453. The summed E-state index contributed by atoms with van der Waals surface area (Å²) >= 11 is 7.29. The third-order valence-electron chi connectivity index (χ3n) is 6.27. The van der Waals surface area contributed by atoms with E-state index in [1.807, 2.05) is 18.2 Å². The number of aromatic nitrogens is 1. The van der Waals surface area contributed by atoms with E-state index < -0.39 is 17.9 Å². The number of benzene rings is 2. The molecule has 0 N–H and O–H groups in total. The standard InChI is InChI=1S/C28H25ClN4O4S/c1-15(2)37-27(36)23-17(4)30-28-32(24(23)18-10-12-19(29)13-11-18)26(35)22(38-28)14-21-16(3)31-33(25(21)34)20-8-6-5-7-9-20/h5-15,21,24H,1-4H3/b22-14+/t21-,24-/m0/s1. The molecule has 0 fully saturated rings. The number of rotatable bonds is 5. The van der Waals surface area contributed by atoms with Crippen molar-refractivity contribution in [1.29, 1.82) is 0 Å². The van der Waals surface area contributed by atoms with Crippen molar-refractivity contribution in [3.8, 4) is 0 Å². The van der Waals surface area contributed by atoms with Gasteiger partial charge in [0.2, 0.25) is 0 Å². The van der Waals surface area contributed by atoms with Crippen LogP contribution in [0, 0.1) is 5.92 Å². The van der Waals surface area contributed by atoms with Crippen molar-refractivity contribution < 1.29 is 14.3 Å². The van der Waals surface area contributed by atoms with E-state index in [2.05, 4.69) is 10.1 Å². The number of hydrazone groups is 1. The van der Waals surface area contributed by atoms with Crippen LogP contribution in [0.15, 0.2) is 80.8 Å². The minimum Gasteiger partial charge on any atom is -0.459 e. The van der Waals surface area contributed by atoms with E-state index in [1.165, 1.54) is 20.9 Å². The van der Waals surface area contributed by atoms with Crippen LogP contribution in [0.3, 0.4) is 0 Å². The van der Waals surface area contributed by atoms with Crippen LogP contribution in [0.2, 0.25) is 5.02 Å². The van der Waals surface area contributed by atoms with E-state index in [-0.39, 0.29) is 23.1 Å². The van der Waals surface area contributed by atoms with Gasteiger partial charge in [-0.3, -0.25) is 14.2 Å². The lowest BCUT2D eigenvalue weighted by Crippen LogP contribution is -2.40. The lowest BCUT2D eigenvalue weighted by molar-refractivity contribution is -0.143. The van der Waals surface area contributed by atoms with Crippen LogP contribution in [0.5, 0.6) is 0 Å². The van der Waals surface area contributed by atoms with Gasteiger partial charge in [-0.1, -0.05) is 53.3 Å². The maximum atomic E-state index is 13.8. The SMILES string of the molecule is CC1=NN(c2ccccc2)C(=O)[C@H]1/C=c1/sc2n(c1=O)[C@@H](c1ccc(Cl)cc1)C(C(=O)OC(C)C)=C(C)N=2. The van der Waals surface area contributed by atoms with Gasteiger partial charge in [0.05, 0.1) is 39.3 Å². The Hall–Kier alpha value is -3.82. The molecule has 0 aliphatic carbocycles. The second-order valence-electron chi connectivity index (χ2n) is 9.31. The number of fused-ring (bicyclic) bond motifs is 1. The summed E-state index contributed by atoms with van der Waals surface area (Å²) in [5.74, 6) is -1.48. The van der Waals surface area contributed by atoms with Crippen LogP contribution in [-0.2, 0) is 14.3 Å². The molecule has 0 bridgehead atoms. The van der Waals surface area contributed by atoms with Gasteiger partial charge in [-0.15, -0.1) is 0 Å². The monoisotopic (exact) mass is 548 g/mol. The van der Waals surface area contributed by atoms with Gasteiger partial charge in [0.15, 0.2) is 4.80 Å². The number of para-hydroxylation sites is 1. The number of carbonyl (C=O) groups excluding carboxylic acids is 2. The highest BCUT2D eigenvalue weighted by molar-refractivity contribution is 7.07. The van der Waals surface area contributed by atoms with Crippen molar-refractivity contribution in [1.82, 2.24) is 4.57 Å². The van der Waals surface area contributed by atoms with E-state index in [1.54, 1.807) is 70.2 Å². The highest BCUT2D eigenvalue weighted by Crippen LogP contribution is 2.32. The molecule has 2 aromatic carbocycles. The van der Waals surface area contributed by atoms with Gasteiger partial charge in [0, 0.05) is 5.02 Å². The van der Waals surface area contributed by atoms with Crippen LogP contribution < -0.4 is 19.9 Å². The second kappa shape index (κ2) is 10.2. The molecule has 5 rings (SSSR count). The van der Waals surface area contributed by atoms with Crippen molar-refractivity contribution in [3.63, 3.8) is 0 Å². The molecule has 3 heterocycles. The Bertz CT molecular complexity index is 1670. The highest BCUT2D eigenvalue weighted by Gasteiger charge is 2.36. The molecule has 1 aromatic heterocycles. The first-order valence-corrected chi connectivity index (χ1v) is 13.3. The van der Waals surface area contributed by atoms with Gasteiger partial charge < -0.3 is 4.74 Å². The number of esters is 1. The zero-order valence-electron chi connectivity index (χ0n) is 21.2. The predicted octanol–water partition coefficient (Wildman–Crippen LogP) is 3.83. The van der Waals surface area contributed by atoms with Gasteiger partial charge >= 0.3 is 5.97 Å². The lowest BCUT2D eigenvalue weighted by Gasteiger charge is -2.25. The molecule has 0 radical (unpaired) electrons. The first kappa shape index (κ1) is 25.8. The molecule has 194 valence electrons. The second-order valence-corrected chi connectivity index (χ2v) is 10.8. The molecule has 1 amide bonds. The van der Waals surface area contributed by atoms with Crippen LogP contribution in [0.1, 0.15) is 39.3 Å². The van der Waals surface area contributed by atoms with Crippen LogP contribution >= 0.6 is 22.9 Å². The fourth-order valence-corrected chi connectivity index (χ4v) is 5.69. The molecule has 2 aliphatic heterocycles. The summed E-state index contributed by atoms with van der Waals surface area (Å²) in [5.41, 5.74) is 2.32. The maximum Gasteiger partial charge on any atom is 0.338 e. The number of thiazole rings is 1. The Labute approximate surface area is 227 Å². The number of ether oxygens (including phenoxy) is 1. The molecule has 0 saturated carbocycles. The summed E-state index contributed by atoms with van der Waals surface area (Å²) in [6, 6.07) is 15.4. The van der Waals surface area contributed by atoms with Crippen molar-refractivity contribution in [2.75, 3.05) is 5.01 Å². The Kier molecular flexibility index (Phi) is 6.90. The normalized spacial score (nSPS) is 19.5. The van der Waals surface area contributed by atoms with Crippen molar-refractivity contribution in [3.05, 3.63) is 96.1 Å². The summed E-state index contributed by atoms with van der Waals surface area (Å²) in [6.07, 6.45) is 1.29. The summed E-state index contributed by atoms with van der Waals surface area (Å²) in [5, 5.41) is 6.32. The van der Waals surface area contributed by atoms with Crippen molar-refractivity contribution >= 4 is 52.3 Å². The smallest absolute Gasteiger partial charge is 0.338 e. The van der Waals surface area contributed by atoms with E-state index in [0.29, 0.717) is 37.0 Å². The Morgan fingerprint density at radius 1 is 1.08 bits per heavy atom. The third-order valence-corrected chi connectivity index (χ3v) is 7.52. The summed E-state index contributed by atoms with van der Waals surface area (Å²) in [7, 11) is 0. The lowest BCUT2D eigenvalue weighted by atomic mass is 9.96. The Balaban J connectivity index is 1.63. The Morgan fingerprint density at radius 2 is 1.76 bits per heavy atom. The third kappa shape index (κ3) is 4.63. The molecule has 38 heavy (non-hydrogen) atoms. The average Bonchev–Trinajstić information content (AvgIpc) is 3.34. The number of hydrogen-bond donors (Lipinski definition) is 0. The van der Waals surface area contributed by atoms with Crippen molar-refractivity contribution in [2.24, 2.45) is 16.0 Å². The fourth-order valence-electron chi connectivity index (χ4n) is 4.51. The van der Waals surface area contributed by atoms with Gasteiger partial charge in [-0.25, -0.2) is 9.79 Å². The first-order chi connectivity index (χ1) is 18.2. The zero-order valence-corrected chi connectivity index (χ0v) is 22.8. The number of halogens is 1. The summed E-state index contributed by atoms with van der Waals surface area (Å²) in [4.78, 5) is 45.3. The fraction of sp³-hybridized carbons (Fsp3) is 0.250. The van der Waals surface area contributed by atoms with Crippen molar-refractivity contribution in [2.45, 2.75) is 39.8 Å². The summed E-state index contributed by atoms with van der Waals surface area (Å²) < 4.78 is 7.35. The van der Waals surface area contributed by atoms with Crippen LogP contribution in [0.4, 0.5) is 5.69 Å². The minimum atomic E-state index is -0.758. The molecular weight excluding hydrogens is 524 g/mol. The minimum absolute atomic E-state index is 0.244. The van der Waals surface area contributed by atoms with Gasteiger partial charge in [-0.05, 0) is 63.6 Å². The number of hydrogen-bond acceptors (Lipinski definition) is 7. The number of allylic oxidation sites excluding steroid dienone is 1. The van der Waals surface area contributed by atoms with E-state index in [9.17, 15) is 14.4 Å². The Morgan fingerprint density at radius 3 is 2.42 bits per heavy atom. The molecular formula is C28H25ClN4O4S. The maximum absolute atomic E-state index is 13.8. The zero-order chi connectivity index (χ0) is 27.1. The number of amides is 1. The van der Waals surface area contributed by atoms with Gasteiger partial charge in [0.25, 0.3) is 11.5 Å². The molecule has 3 aromatic rings. The summed E-state index contributed by atoms with van der Waals surface area (Å²) in [6.45, 7) is 7.02. The number of nitrogens with zero attached hydrogens (tertiary/aromatic N) is 4. The molecule has 0 spiro atoms. The molecule has 8 nitrogen and oxygen atoms in total. The average molecular weight is 549 g/mol. The molecule has 2 aliphatic rings.